The van der Waals surface area contributed by atoms with Crippen molar-refractivity contribution >= 4 is 21.8 Å². The Bertz CT molecular complexity index is 432. The molecule has 98 valence electrons. The van der Waals surface area contributed by atoms with E-state index in [1.165, 1.54) is 0 Å². The van der Waals surface area contributed by atoms with E-state index in [0.29, 0.717) is 30.6 Å². The number of rotatable bonds is 6. The van der Waals surface area contributed by atoms with Crippen molar-refractivity contribution in [3.05, 3.63) is 28.2 Å². The Kier molecular flexibility index (Phi) is 4.60. The van der Waals surface area contributed by atoms with Crippen molar-refractivity contribution in [1.82, 2.24) is 5.32 Å². The molecule has 0 atom stereocenters. The Labute approximate surface area is 115 Å². The molecule has 0 unspecified atom stereocenters. The fourth-order valence-electron chi connectivity index (χ4n) is 1.53. The van der Waals surface area contributed by atoms with Crippen LogP contribution in [-0.4, -0.2) is 32.3 Å². The highest BCUT2D eigenvalue weighted by atomic mass is 79.9. The van der Waals surface area contributed by atoms with Gasteiger partial charge in [0.05, 0.1) is 12.2 Å². The largest absolute Gasteiger partial charge is 0.490 e. The first-order valence-electron chi connectivity index (χ1n) is 5.93. The van der Waals surface area contributed by atoms with Gasteiger partial charge >= 0.3 is 0 Å². The lowest BCUT2D eigenvalue weighted by molar-refractivity contribution is 0.0943. The highest BCUT2D eigenvalue weighted by Gasteiger charge is 2.25. The first-order valence-corrected chi connectivity index (χ1v) is 6.72. The van der Waals surface area contributed by atoms with Crippen LogP contribution in [0.2, 0.25) is 0 Å². The lowest BCUT2D eigenvalue weighted by Gasteiger charge is -2.11. The van der Waals surface area contributed by atoms with Crippen LogP contribution in [0.3, 0.4) is 0 Å². The van der Waals surface area contributed by atoms with E-state index >= 15 is 0 Å². The van der Waals surface area contributed by atoms with E-state index in [1.54, 1.807) is 19.2 Å². The second-order valence-electron chi connectivity index (χ2n) is 4.23. The third-order valence-corrected chi connectivity index (χ3v) is 3.14. The number of amides is 1. The summed E-state index contributed by atoms with van der Waals surface area (Å²) >= 11 is 3.37. The van der Waals surface area contributed by atoms with Gasteiger partial charge in [0, 0.05) is 17.6 Å². The zero-order chi connectivity index (χ0) is 13.0. The van der Waals surface area contributed by atoms with Crippen molar-refractivity contribution in [3.63, 3.8) is 0 Å². The molecular formula is C13H16BrNO3. The van der Waals surface area contributed by atoms with Crippen molar-refractivity contribution in [2.45, 2.75) is 18.9 Å². The molecular weight excluding hydrogens is 298 g/mol. The van der Waals surface area contributed by atoms with Gasteiger partial charge in [-0.1, -0.05) is 15.9 Å². The van der Waals surface area contributed by atoms with E-state index in [1.807, 2.05) is 6.07 Å². The van der Waals surface area contributed by atoms with Gasteiger partial charge in [0.1, 0.15) is 12.4 Å². The highest BCUT2D eigenvalue weighted by molar-refractivity contribution is 9.10. The van der Waals surface area contributed by atoms with Crippen LogP contribution in [0.4, 0.5) is 0 Å². The fraction of sp³-hybridized carbons (Fsp3) is 0.462. The molecule has 0 spiro atoms. The molecule has 5 heteroatoms. The minimum Gasteiger partial charge on any atom is -0.490 e. The molecule has 0 saturated heterocycles. The number of hydrogen-bond donors (Lipinski definition) is 1. The summed E-state index contributed by atoms with van der Waals surface area (Å²) in [5, 5.41) is 2.96. The van der Waals surface area contributed by atoms with Gasteiger partial charge in [-0.25, -0.2) is 0 Å². The van der Waals surface area contributed by atoms with Crippen LogP contribution in [-0.2, 0) is 4.74 Å². The summed E-state index contributed by atoms with van der Waals surface area (Å²) in [5.41, 5.74) is 0.562. The zero-order valence-electron chi connectivity index (χ0n) is 10.2. The summed E-state index contributed by atoms with van der Waals surface area (Å²) in [6.07, 6.45) is 2.14. The molecule has 2 rings (SSSR count). The number of carbonyl (C=O) groups is 1. The normalized spacial score (nSPS) is 14.3. The quantitative estimate of drug-likeness (QED) is 0.820. The van der Waals surface area contributed by atoms with E-state index in [0.717, 1.165) is 17.3 Å². The van der Waals surface area contributed by atoms with Crippen LogP contribution >= 0.6 is 15.9 Å². The summed E-state index contributed by atoms with van der Waals surface area (Å²) in [6, 6.07) is 5.76. The first kappa shape index (κ1) is 13.4. The Morgan fingerprint density at radius 1 is 1.44 bits per heavy atom. The SMILES string of the molecule is COCCOc1ccc(Br)cc1C(=O)NC1CC1. The molecule has 1 saturated carbocycles. The van der Waals surface area contributed by atoms with Crippen molar-refractivity contribution in [1.29, 1.82) is 0 Å². The Hall–Kier alpha value is -1.07. The lowest BCUT2D eigenvalue weighted by atomic mass is 10.2. The minimum absolute atomic E-state index is 0.0776. The van der Waals surface area contributed by atoms with Crippen molar-refractivity contribution in [2.24, 2.45) is 0 Å². The highest BCUT2D eigenvalue weighted by Crippen LogP contribution is 2.25. The second-order valence-corrected chi connectivity index (χ2v) is 5.15. The molecule has 0 aromatic heterocycles. The predicted octanol–water partition coefficient (Wildman–Crippen LogP) is 2.37. The Morgan fingerprint density at radius 3 is 2.89 bits per heavy atom. The van der Waals surface area contributed by atoms with Gasteiger partial charge in [-0.3, -0.25) is 4.79 Å². The van der Waals surface area contributed by atoms with Gasteiger partial charge in [0.25, 0.3) is 5.91 Å². The Balaban J connectivity index is 2.08. The van der Waals surface area contributed by atoms with Crippen LogP contribution in [0.25, 0.3) is 0 Å². The van der Waals surface area contributed by atoms with Gasteiger partial charge in [-0.2, -0.15) is 0 Å². The van der Waals surface area contributed by atoms with Crippen LogP contribution in [0.15, 0.2) is 22.7 Å². The van der Waals surface area contributed by atoms with Gasteiger partial charge < -0.3 is 14.8 Å². The number of halogens is 1. The van der Waals surface area contributed by atoms with Crippen LogP contribution in [0.1, 0.15) is 23.2 Å². The smallest absolute Gasteiger partial charge is 0.255 e. The average Bonchev–Trinajstić information content (AvgIpc) is 3.15. The Morgan fingerprint density at radius 2 is 2.22 bits per heavy atom. The molecule has 0 radical (unpaired) electrons. The summed E-state index contributed by atoms with van der Waals surface area (Å²) in [4.78, 5) is 12.1. The summed E-state index contributed by atoms with van der Waals surface area (Å²) < 4.78 is 11.3. The maximum absolute atomic E-state index is 12.1. The maximum atomic E-state index is 12.1. The standard InChI is InChI=1S/C13H16BrNO3/c1-17-6-7-18-12-5-2-9(14)8-11(12)13(16)15-10-3-4-10/h2,5,8,10H,3-4,6-7H2,1H3,(H,15,16). The molecule has 1 N–H and O–H groups in total. The summed E-state index contributed by atoms with van der Waals surface area (Å²) in [7, 11) is 1.62. The first-order chi connectivity index (χ1) is 8.70. The van der Waals surface area contributed by atoms with Gasteiger partial charge in [0.15, 0.2) is 0 Å². The number of nitrogens with one attached hydrogen (secondary N) is 1. The number of benzene rings is 1. The monoisotopic (exact) mass is 313 g/mol. The third-order valence-electron chi connectivity index (χ3n) is 2.64. The zero-order valence-corrected chi connectivity index (χ0v) is 11.8. The number of methoxy groups -OCH3 is 1. The van der Waals surface area contributed by atoms with E-state index in [-0.39, 0.29) is 5.91 Å². The van der Waals surface area contributed by atoms with Crippen molar-refractivity contribution < 1.29 is 14.3 Å². The van der Waals surface area contributed by atoms with E-state index < -0.39 is 0 Å². The average molecular weight is 314 g/mol. The minimum atomic E-state index is -0.0776. The molecule has 4 nitrogen and oxygen atoms in total. The molecule has 0 bridgehead atoms. The molecule has 1 aromatic carbocycles. The molecule has 1 amide bonds. The third kappa shape index (κ3) is 3.71. The predicted molar refractivity (Wildman–Crippen MR) is 72.0 cm³/mol. The molecule has 1 fully saturated rings. The number of hydrogen-bond acceptors (Lipinski definition) is 3. The van der Waals surface area contributed by atoms with E-state index in [2.05, 4.69) is 21.2 Å². The van der Waals surface area contributed by atoms with Crippen LogP contribution < -0.4 is 10.1 Å². The molecule has 18 heavy (non-hydrogen) atoms. The van der Waals surface area contributed by atoms with Crippen LogP contribution in [0, 0.1) is 0 Å². The van der Waals surface area contributed by atoms with E-state index in [9.17, 15) is 4.79 Å². The molecule has 1 aromatic rings. The maximum Gasteiger partial charge on any atom is 0.255 e. The van der Waals surface area contributed by atoms with Gasteiger partial charge in [-0.15, -0.1) is 0 Å². The van der Waals surface area contributed by atoms with E-state index in [4.69, 9.17) is 9.47 Å². The van der Waals surface area contributed by atoms with Crippen LogP contribution in [0.5, 0.6) is 5.75 Å². The number of ether oxygens (including phenoxy) is 2. The molecule has 1 aliphatic carbocycles. The molecule has 0 aliphatic heterocycles. The van der Waals surface area contributed by atoms with Gasteiger partial charge in [-0.05, 0) is 31.0 Å². The lowest BCUT2D eigenvalue weighted by Crippen LogP contribution is -2.26. The van der Waals surface area contributed by atoms with Crippen molar-refractivity contribution in [3.8, 4) is 5.75 Å². The molecule has 0 heterocycles. The topological polar surface area (TPSA) is 47.6 Å². The number of carbonyl (C=O) groups excluding carboxylic acids is 1. The van der Waals surface area contributed by atoms with Crippen molar-refractivity contribution in [2.75, 3.05) is 20.3 Å². The fourth-order valence-corrected chi connectivity index (χ4v) is 1.89. The van der Waals surface area contributed by atoms with Gasteiger partial charge in [0.2, 0.25) is 0 Å². The molecule has 1 aliphatic rings. The summed E-state index contributed by atoms with van der Waals surface area (Å²) in [5.74, 6) is 0.514. The second kappa shape index (κ2) is 6.20. The summed E-state index contributed by atoms with van der Waals surface area (Å²) in [6.45, 7) is 0.932.